The summed E-state index contributed by atoms with van der Waals surface area (Å²) in [7, 11) is 0. The predicted octanol–water partition coefficient (Wildman–Crippen LogP) is 1.51. The summed E-state index contributed by atoms with van der Waals surface area (Å²) in [6.07, 6.45) is 6.20. The second kappa shape index (κ2) is 7.67. The standard InChI is InChI=1S/C13H24N2O2S/c1-9(11-6-4-3-5-7-11)14-13(17)12(8-18)15-10(2)16/h9,11-12,18H,3-8H2,1-2H3,(H,14,17)(H,15,16). The van der Waals surface area contributed by atoms with E-state index in [0.29, 0.717) is 11.7 Å². The summed E-state index contributed by atoms with van der Waals surface area (Å²) in [6.45, 7) is 3.46. The molecule has 1 aliphatic carbocycles. The lowest BCUT2D eigenvalue weighted by molar-refractivity contribution is -0.128. The molecule has 2 amide bonds. The van der Waals surface area contributed by atoms with Gasteiger partial charge in [-0.25, -0.2) is 0 Å². The van der Waals surface area contributed by atoms with Crippen LogP contribution in [0, 0.1) is 5.92 Å². The first-order valence-electron chi connectivity index (χ1n) is 6.73. The number of nitrogens with one attached hydrogen (secondary N) is 2. The molecular weight excluding hydrogens is 248 g/mol. The van der Waals surface area contributed by atoms with Gasteiger partial charge < -0.3 is 10.6 Å². The molecule has 0 aliphatic heterocycles. The Morgan fingerprint density at radius 3 is 2.33 bits per heavy atom. The topological polar surface area (TPSA) is 58.2 Å². The maximum absolute atomic E-state index is 12.0. The number of thiol groups is 1. The van der Waals surface area contributed by atoms with Gasteiger partial charge in [0.15, 0.2) is 0 Å². The van der Waals surface area contributed by atoms with Crippen molar-refractivity contribution in [3.05, 3.63) is 0 Å². The number of hydrogen-bond donors (Lipinski definition) is 3. The summed E-state index contributed by atoms with van der Waals surface area (Å²) >= 11 is 4.10. The summed E-state index contributed by atoms with van der Waals surface area (Å²) in [5.41, 5.74) is 0. The quantitative estimate of drug-likeness (QED) is 0.664. The Bertz CT molecular complexity index is 291. The second-order valence-electron chi connectivity index (χ2n) is 5.13. The van der Waals surface area contributed by atoms with Gasteiger partial charge in [-0.3, -0.25) is 9.59 Å². The molecule has 2 atom stereocenters. The molecule has 2 unspecified atom stereocenters. The predicted molar refractivity (Wildman–Crippen MR) is 75.6 cm³/mol. The summed E-state index contributed by atoms with van der Waals surface area (Å²) in [4.78, 5) is 23.0. The third-order valence-electron chi connectivity index (χ3n) is 3.60. The minimum Gasteiger partial charge on any atom is -0.352 e. The van der Waals surface area contributed by atoms with Gasteiger partial charge >= 0.3 is 0 Å². The van der Waals surface area contributed by atoms with E-state index in [2.05, 4.69) is 30.2 Å². The van der Waals surface area contributed by atoms with Crippen LogP contribution in [0.25, 0.3) is 0 Å². The maximum Gasteiger partial charge on any atom is 0.243 e. The molecular formula is C13H24N2O2S. The third-order valence-corrected chi connectivity index (χ3v) is 3.97. The molecule has 0 spiro atoms. The first-order valence-corrected chi connectivity index (χ1v) is 7.36. The number of carbonyl (C=O) groups excluding carboxylic acids is 2. The molecule has 1 rings (SSSR count). The molecule has 0 bridgehead atoms. The van der Waals surface area contributed by atoms with Crippen LogP contribution in [-0.4, -0.2) is 29.7 Å². The van der Waals surface area contributed by atoms with E-state index in [1.54, 1.807) is 0 Å². The highest BCUT2D eigenvalue weighted by Gasteiger charge is 2.24. The molecule has 1 fully saturated rings. The van der Waals surface area contributed by atoms with Crippen LogP contribution in [0.1, 0.15) is 46.0 Å². The zero-order chi connectivity index (χ0) is 13.5. The Kier molecular flexibility index (Phi) is 6.54. The van der Waals surface area contributed by atoms with Gasteiger partial charge in [-0.15, -0.1) is 0 Å². The Hall–Kier alpha value is -0.710. The van der Waals surface area contributed by atoms with Crippen molar-refractivity contribution >= 4 is 24.4 Å². The Morgan fingerprint density at radius 1 is 1.22 bits per heavy atom. The Labute approximate surface area is 115 Å². The number of rotatable bonds is 5. The third kappa shape index (κ3) is 4.88. The van der Waals surface area contributed by atoms with Crippen LogP contribution >= 0.6 is 12.6 Å². The van der Waals surface area contributed by atoms with Gasteiger partial charge in [-0.05, 0) is 25.7 Å². The van der Waals surface area contributed by atoms with Crippen molar-refractivity contribution in [1.29, 1.82) is 0 Å². The van der Waals surface area contributed by atoms with Crippen molar-refractivity contribution in [2.45, 2.75) is 58.0 Å². The van der Waals surface area contributed by atoms with E-state index in [-0.39, 0.29) is 17.9 Å². The van der Waals surface area contributed by atoms with E-state index in [1.165, 1.54) is 39.0 Å². The molecule has 5 heteroatoms. The zero-order valence-electron chi connectivity index (χ0n) is 11.2. The largest absolute Gasteiger partial charge is 0.352 e. The van der Waals surface area contributed by atoms with Crippen LogP contribution in [0.2, 0.25) is 0 Å². The van der Waals surface area contributed by atoms with Gasteiger partial charge in [0.2, 0.25) is 11.8 Å². The average Bonchev–Trinajstić information content (AvgIpc) is 2.36. The van der Waals surface area contributed by atoms with E-state index in [1.807, 2.05) is 0 Å². The molecule has 0 radical (unpaired) electrons. The molecule has 0 aromatic rings. The van der Waals surface area contributed by atoms with E-state index in [9.17, 15) is 9.59 Å². The fourth-order valence-corrected chi connectivity index (χ4v) is 2.77. The van der Waals surface area contributed by atoms with Crippen molar-refractivity contribution in [2.24, 2.45) is 5.92 Å². The van der Waals surface area contributed by atoms with Gasteiger partial charge in [-0.1, -0.05) is 19.3 Å². The minimum atomic E-state index is -0.531. The summed E-state index contributed by atoms with van der Waals surface area (Å²) in [5.74, 6) is 0.566. The van der Waals surface area contributed by atoms with Crippen molar-refractivity contribution in [2.75, 3.05) is 5.75 Å². The molecule has 2 N–H and O–H groups in total. The average molecular weight is 272 g/mol. The van der Waals surface area contributed by atoms with Crippen LogP contribution in [-0.2, 0) is 9.59 Å². The molecule has 1 saturated carbocycles. The van der Waals surface area contributed by atoms with Gasteiger partial charge in [-0.2, -0.15) is 12.6 Å². The molecule has 0 aromatic heterocycles. The van der Waals surface area contributed by atoms with Crippen LogP contribution in [0.4, 0.5) is 0 Å². The number of hydrogen-bond acceptors (Lipinski definition) is 3. The lowest BCUT2D eigenvalue weighted by Crippen LogP contribution is -2.51. The van der Waals surface area contributed by atoms with Crippen LogP contribution < -0.4 is 10.6 Å². The first-order chi connectivity index (χ1) is 8.54. The first kappa shape index (κ1) is 15.3. The molecule has 0 aromatic carbocycles. The second-order valence-corrected chi connectivity index (χ2v) is 5.50. The summed E-state index contributed by atoms with van der Waals surface area (Å²) < 4.78 is 0. The molecule has 0 saturated heterocycles. The van der Waals surface area contributed by atoms with E-state index in [0.717, 1.165) is 0 Å². The van der Waals surface area contributed by atoms with E-state index in [4.69, 9.17) is 0 Å². The minimum absolute atomic E-state index is 0.127. The summed E-state index contributed by atoms with van der Waals surface area (Å²) in [6, 6.07) is -0.356. The lowest BCUT2D eigenvalue weighted by atomic mass is 9.84. The molecule has 4 nitrogen and oxygen atoms in total. The zero-order valence-corrected chi connectivity index (χ0v) is 12.1. The highest BCUT2D eigenvalue weighted by atomic mass is 32.1. The van der Waals surface area contributed by atoms with Gasteiger partial charge in [0.1, 0.15) is 6.04 Å². The monoisotopic (exact) mass is 272 g/mol. The van der Waals surface area contributed by atoms with Crippen LogP contribution in [0.5, 0.6) is 0 Å². The lowest BCUT2D eigenvalue weighted by Gasteiger charge is -2.29. The van der Waals surface area contributed by atoms with Crippen molar-refractivity contribution in [1.82, 2.24) is 10.6 Å². The molecule has 104 valence electrons. The van der Waals surface area contributed by atoms with Crippen LogP contribution in [0.3, 0.4) is 0 Å². The van der Waals surface area contributed by atoms with Crippen LogP contribution in [0.15, 0.2) is 0 Å². The smallest absolute Gasteiger partial charge is 0.243 e. The fraction of sp³-hybridized carbons (Fsp3) is 0.846. The van der Waals surface area contributed by atoms with Gasteiger partial charge in [0.25, 0.3) is 0 Å². The van der Waals surface area contributed by atoms with E-state index < -0.39 is 6.04 Å². The number of amides is 2. The normalized spacial score (nSPS) is 19.9. The summed E-state index contributed by atoms with van der Waals surface area (Å²) in [5, 5.41) is 5.61. The number of carbonyl (C=O) groups is 2. The Morgan fingerprint density at radius 2 is 1.83 bits per heavy atom. The maximum atomic E-state index is 12.0. The fourth-order valence-electron chi connectivity index (χ4n) is 2.52. The molecule has 18 heavy (non-hydrogen) atoms. The molecule has 0 heterocycles. The molecule has 1 aliphatic rings. The highest BCUT2D eigenvalue weighted by Crippen LogP contribution is 2.26. The highest BCUT2D eigenvalue weighted by molar-refractivity contribution is 7.80. The van der Waals surface area contributed by atoms with Gasteiger partial charge in [0.05, 0.1) is 0 Å². The van der Waals surface area contributed by atoms with Crippen molar-refractivity contribution < 1.29 is 9.59 Å². The van der Waals surface area contributed by atoms with E-state index >= 15 is 0 Å². The van der Waals surface area contributed by atoms with Crippen molar-refractivity contribution in [3.63, 3.8) is 0 Å². The van der Waals surface area contributed by atoms with Gasteiger partial charge in [0, 0.05) is 18.7 Å². The van der Waals surface area contributed by atoms with Crippen molar-refractivity contribution in [3.8, 4) is 0 Å². The Balaban J connectivity index is 2.43. The SMILES string of the molecule is CC(=O)NC(CS)C(=O)NC(C)C1CCCCC1.